The second-order valence-corrected chi connectivity index (χ2v) is 4.24. The van der Waals surface area contributed by atoms with Crippen LogP contribution in [0.3, 0.4) is 0 Å². The number of primary amides is 1. The number of hydrogen-bond acceptors (Lipinski definition) is 3. The molecule has 0 spiro atoms. The third-order valence-corrected chi connectivity index (χ3v) is 3.05. The molecule has 0 unspecified atom stereocenters. The number of carbonyl (C=O) groups is 2. The quantitative estimate of drug-likeness (QED) is 0.643. The number of aliphatic hydroxyl groups is 1. The van der Waals surface area contributed by atoms with E-state index in [1.54, 1.807) is 4.90 Å². The second-order valence-electron chi connectivity index (χ2n) is 4.24. The van der Waals surface area contributed by atoms with Gasteiger partial charge in [-0.25, -0.2) is 0 Å². The molecule has 0 atom stereocenters. The van der Waals surface area contributed by atoms with Crippen LogP contribution in [0.1, 0.15) is 32.1 Å². The van der Waals surface area contributed by atoms with Crippen LogP contribution in [-0.4, -0.2) is 41.5 Å². The second kappa shape index (κ2) is 6.48. The molecule has 0 aromatic heterocycles. The summed E-state index contributed by atoms with van der Waals surface area (Å²) in [5.74, 6) is -0.203. The molecule has 16 heavy (non-hydrogen) atoms. The Labute approximate surface area is 95.6 Å². The number of unbranched alkanes of at least 4 members (excludes halogenated alkanes) is 1. The number of nitrogens with two attached hydrogens (primary N) is 1. The zero-order valence-corrected chi connectivity index (χ0v) is 9.52. The predicted molar refractivity (Wildman–Crippen MR) is 59.4 cm³/mol. The molecular formula is C11H20N2O3. The van der Waals surface area contributed by atoms with Gasteiger partial charge in [-0.2, -0.15) is 0 Å². The maximum Gasteiger partial charge on any atom is 0.222 e. The number of amides is 2. The van der Waals surface area contributed by atoms with Crippen molar-refractivity contribution in [2.24, 2.45) is 11.7 Å². The normalized spacial score (nSPS) is 17.4. The minimum Gasteiger partial charge on any atom is -0.396 e. The lowest BCUT2D eigenvalue weighted by Crippen LogP contribution is -2.41. The number of nitrogens with zero attached hydrogens (tertiary/aromatic N) is 1. The topological polar surface area (TPSA) is 83.6 Å². The molecule has 1 saturated heterocycles. The summed E-state index contributed by atoms with van der Waals surface area (Å²) in [4.78, 5) is 24.4. The van der Waals surface area contributed by atoms with Gasteiger partial charge in [0.15, 0.2) is 0 Å². The van der Waals surface area contributed by atoms with Crippen LogP contribution >= 0.6 is 0 Å². The Hall–Kier alpha value is -1.10. The smallest absolute Gasteiger partial charge is 0.222 e. The summed E-state index contributed by atoms with van der Waals surface area (Å²) < 4.78 is 0. The molecule has 0 aromatic carbocycles. The average molecular weight is 228 g/mol. The predicted octanol–water partition coefficient (Wildman–Crippen LogP) is -0.127. The monoisotopic (exact) mass is 228 g/mol. The number of carbonyl (C=O) groups excluding carboxylic acids is 2. The number of hydrogen-bond donors (Lipinski definition) is 2. The van der Waals surface area contributed by atoms with Crippen molar-refractivity contribution in [2.45, 2.75) is 32.1 Å². The van der Waals surface area contributed by atoms with Crippen molar-refractivity contribution in [1.29, 1.82) is 0 Å². The van der Waals surface area contributed by atoms with Crippen LogP contribution in [0.25, 0.3) is 0 Å². The fourth-order valence-electron chi connectivity index (χ4n) is 1.96. The van der Waals surface area contributed by atoms with Crippen molar-refractivity contribution in [2.75, 3.05) is 19.7 Å². The Balaban J connectivity index is 2.25. The highest BCUT2D eigenvalue weighted by Crippen LogP contribution is 2.17. The maximum absolute atomic E-state index is 11.7. The van der Waals surface area contributed by atoms with Gasteiger partial charge in [-0.15, -0.1) is 0 Å². The van der Waals surface area contributed by atoms with Gasteiger partial charge in [0, 0.05) is 32.0 Å². The summed E-state index contributed by atoms with van der Waals surface area (Å²) in [6.45, 7) is 1.40. The van der Waals surface area contributed by atoms with E-state index in [0.29, 0.717) is 38.8 Å². The van der Waals surface area contributed by atoms with E-state index in [0.717, 1.165) is 6.42 Å². The van der Waals surface area contributed by atoms with Gasteiger partial charge >= 0.3 is 0 Å². The Kier molecular flexibility index (Phi) is 5.25. The molecule has 0 aliphatic carbocycles. The van der Waals surface area contributed by atoms with Crippen LogP contribution in [0, 0.1) is 5.92 Å². The molecule has 1 rings (SSSR count). The largest absolute Gasteiger partial charge is 0.396 e. The van der Waals surface area contributed by atoms with E-state index >= 15 is 0 Å². The van der Waals surface area contributed by atoms with Gasteiger partial charge in [0.05, 0.1) is 0 Å². The zero-order chi connectivity index (χ0) is 12.0. The molecule has 0 aromatic rings. The van der Waals surface area contributed by atoms with E-state index in [4.69, 9.17) is 10.8 Å². The van der Waals surface area contributed by atoms with Crippen molar-refractivity contribution < 1.29 is 14.7 Å². The molecule has 1 fully saturated rings. The van der Waals surface area contributed by atoms with Gasteiger partial charge in [-0.05, 0) is 25.7 Å². The van der Waals surface area contributed by atoms with Gasteiger partial charge in [0.1, 0.15) is 0 Å². The number of rotatable bonds is 5. The van der Waals surface area contributed by atoms with Crippen molar-refractivity contribution in [1.82, 2.24) is 4.90 Å². The minimum atomic E-state index is -0.257. The molecule has 5 heteroatoms. The average Bonchev–Trinajstić information content (AvgIpc) is 2.29. The fourth-order valence-corrected chi connectivity index (χ4v) is 1.96. The first kappa shape index (κ1) is 13.0. The summed E-state index contributed by atoms with van der Waals surface area (Å²) in [5.41, 5.74) is 5.22. The number of aliphatic hydroxyl groups excluding tert-OH is 1. The molecule has 5 nitrogen and oxygen atoms in total. The molecule has 92 valence electrons. The van der Waals surface area contributed by atoms with Crippen molar-refractivity contribution in [3.63, 3.8) is 0 Å². The lowest BCUT2D eigenvalue weighted by molar-refractivity contribution is -0.135. The first-order valence-corrected chi connectivity index (χ1v) is 5.83. The van der Waals surface area contributed by atoms with Crippen LogP contribution in [0.5, 0.6) is 0 Å². The van der Waals surface area contributed by atoms with E-state index in [1.165, 1.54) is 0 Å². The maximum atomic E-state index is 11.7. The lowest BCUT2D eigenvalue weighted by Gasteiger charge is -2.30. The van der Waals surface area contributed by atoms with E-state index in [9.17, 15) is 9.59 Å². The van der Waals surface area contributed by atoms with Crippen LogP contribution in [0.4, 0.5) is 0 Å². The van der Waals surface area contributed by atoms with Crippen molar-refractivity contribution >= 4 is 11.8 Å². The summed E-state index contributed by atoms with van der Waals surface area (Å²) >= 11 is 0. The van der Waals surface area contributed by atoms with Crippen LogP contribution in [0.2, 0.25) is 0 Å². The van der Waals surface area contributed by atoms with E-state index in [2.05, 4.69) is 0 Å². The van der Waals surface area contributed by atoms with Gasteiger partial charge in [0.25, 0.3) is 0 Å². The van der Waals surface area contributed by atoms with Crippen LogP contribution < -0.4 is 5.73 Å². The van der Waals surface area contributed by atoms with Crippen LogP contribution in [0.15, 0.2) is 0 Å². The SMILES string of the molecule is NC(=O)C1CCN(C(=O)CCCCO)CC1. The highest BCUT2D eigenvalue weighted by molar-refractivity contribution is 5.78. The molecule has 1 aliphatic heterocycles. The first-order valence-electron chi connectivity index (χ1n) is 5.83. The standard InChI is InChI=1S/C11H20N2O3/c12-11(16)9-4-6-13(7-5-9)10(15)3-1-2-8-14/h9,14H,1-8H2,(H2,12,16). The molecular weight excluding hydrogens is 208 g/mol. The van der Waals surface area contributed by atoms with Crippen LogP contribution in [-0.2, 0) is 9.59 Å². The Bertz CT molecular complexity index is 248. The van der Waals surface area contributed by atoms with E-state index < -0.39 is 0 Å². The van der Waals surface area contributed by atoms with E-state index in [-0.39, 0.29) is 24.3 Å². The molecule has 0 bridgehead atoms. The Morgan fingerprint density at radius 2 is 1.88 bits per heavy atom. The highest BCUT2D eigenvalue weighted by Gasteiger charge is 2.25. The van der Waals surface area contributed by atoms with Gasteiger partial charge in [0.2, 0.25) is 11.8 Å². The van der Waals surface area contributed by atoms with Gasteiger partial charge in [-0.1, -0.05) is 0 Å². The molecule has 2 amide bonds. The molecule has 1 aliphatic rings. The molecule has 0 saturated carbocycles. The molecule has 3 N–H and O–H groups in total. The number of piperidine rings is 1. The van der Waals surface area contributed by atoms with Crippen molar-refractivity contribution in [3.8, 4) is 0 Å². The zero-order valence-electron chi connectivity index (χ0n) is 9.52. The summed E-state index contributed by atoms with van der Waals surface area (Å²) in [5, 5.41) is 8.61. The number of likely N-dealkylation sites (tertiary alicyclic amines) is 1. The fraction of sp³-hybridized carbons (Fsp3) is 0.818. The van der Waals surface area contributed by atoms with Gasteiger partial charge < -0.3 is 15.7 Å². The van der Waals surface area contributed by atoms with Gasteiger partial charge in [-0.3, -0.25) is 9.59 Å². The third-order valence-electron chi connectivity index (χ3n) is 3.05. The lowest BCUT2D eigenvalue weighted by atomic mass is 9.96. The summed E-state index contributed by atoms with van der Waals surface area (Å²) in [6, 6.07) is 0. The van der Waals surface area contributed by atoms with E-state index in [1.807, 2.05) is 0 Å². The van der Waals surface area contributed by atoms with Crippen molar-refractivity contribution in [3.05, 3.63) is 0 Å². The highest BCUT2D eigenvalue weighted by atomic mass is 16.3. The third kappa shape index (κ3) is 3.81. The Morgan fingerprint density at radius 1 is 1.25 bits per heavy atom. The summed E-state index contributed by atoms with van der Waals surface area (Å²) in [6.07, 6.45) is 3.25. The Morgan fingerprint density at radius 3 is 2.38 bits per heavy atom. The molecule has 1 heterocycles. The first-order chi connectivity index (χ1) is 7.65. The summed E-state index contributed by atoms with van der Waals surface area (Å²) in [7, 11) is 0. The molecule has 0 radical (unpaired) electrons. The minimum absolute atomic E-state index is 0.0681.